The summed E-state index contributed by atoms with van der Waals surface area (Å²) in [5, 5.41) is 9.30. The van der Waals surface area contributed by atoms with Crippen molar-refractivity contribution in [2.45, 2.75) is 5.92 Å². The molecule has 1 heterocycles. The normalized spacial score (nSPS) is 11.3. The highest BCUT2D eigenvalue weighted by Gasteiger charge is 2.23. The Kier molecular flexibility index (Phi) is 4.52. The zero-order valence-corrected chi connectivity index (χ0v) is 11.7. The van der Waals surface area contributed by atoms with E-state index in [1.165, 1.54) is 20.4 Å². The van der Waals surface area contributed by atoms with E-state index in [0.29, 0.717) is 22.6 Å². The fraction of sp³-hybridized carbons (Fsp3) is 0.188. The molecule has 0 aliphatic heterocycles. The third-order valence-corrected chi connectivity index (χ3v) is 3.04. The third kappa shape index (κ3) is 3.18. The van der Waals surface area contributed by atoms with Crippen LogP contribution in [0.4, 0.5) is 0 Å². The van der Waals surface area contributed by atoms with Crippen molar-refractivity contribution in [1.82, 2.24) is 4.98 Å². The zero-order chi connectivity index (χ0) is 15.2. The molecule has 0 bridgehead atoms. The van der Waals surface area contributed by atoms with Crippen molar-refractivity contribution in [3.05, 3.63) is 53.9 Å². The highest BCUT2D eigenvalue weighted by molar-refractivity contribution is 6.03. The van der Waals surface area contributed by atoms with Crippen LogP contribution < -0.4 is 9.47 Å². The van der Waals surface area contributed by atoms with Gasteiger partial charge in [0, 0.05) is 24.0 Å². The number of aromatic nitrogens is 1. The molecular formula is C16H14N2O3. The minimum atomic E-state index is -0.907. The summed E-state index contributed by atoms with van der Waals surface area (Å²) in [7, 11) is 3.01. The number of carbonyl (C=O) groups is 1. The van der Waals surface area contributed by atoms with E-state index in [1.54, 1.807) is 36.5 Å². The molecular weight excluding hydrogens is 268 g/mol. The number of ketones is 1. The number of hydrogen-bond acceptors (Lipinski definition) is 5. The number of ether oxygens (including phenoxy) is 2. The van der Waals surface area contributed by atoms with Gasteiger partial charge >= 0.3 is 0 Å². The molecule has 0 aliphatic carbocycles. The second kappa shape index (κ2) is 6.53. The Morgan fingerprint density at radius 2 is 1.90 bits per heavy atom. The summed E-state index contributed by atoms with van der Waals surface area (Å²) < 4.78 is 10.3. The van der Waals surface area contributed by atoms with E-state index in [1.807, 2.05) is 6.07 Å². The van der Waals surface area contributed by atoms with Crippen molar-refractivity contribution in [3.63, 3.8) is 0 Å². The van der Waals surface area contributed by atoms with Gasteiger partial charge in [0.05, 0.1) is 20.3 Å². The number of pyridine rings is 1. The van der Waals surface area contributed by atoms with Crippen molar-refractivity contribution < 1.29 is 14.3 Å². The zero-order valence-electron chi connectivity index (χ0n) is 11.7. The van der Waals surface area contributed by atoms with Crippen molar-refractivity contribution in [2.75, 3.05) is 14.2 Å². The predicted octanol–water partition coefficient (Wildman–Crippen LogP) is 2.59. The molecule has 0 fully saturated rings. The maximum atomic E-state index is 12.6. The van der Waals surface area contributed by atoms with Crippen molar-refractivity contribution in [3.8, 4) is 17.6 Å². The molecule has 0 N–H and O–H groups in total. The van der Waals surface area contributed by atoms with Gasteiger partial charge in [0.2, 0.25) is 0 Å². The van der Waals surface area contributed by atoms with Gasteiger partial charge in [0.1, 0.15) is 17.4 Å². The fourth-order valence-corrected chi connectivity index (χ4v) is 1.95. The summed E-state index contributed by atoms with van der Waals surface area (Å²) in [5.41, 5.74) is 0.924. The Morgan fingerprint density at radius 1 is 1.24 bits per heavy atom. The highest BCUT2D eigenvalue weighted by atomic mass is 16.5. The second-order valence-corrected chi connectivity index (χ2v) is 4.31. The van der Waals surface area contributed by atoms with E-state index >= 15 is 0 Å². The smallest absolute Gasteiger partial charge is 0.184 e. The van der Waals surface area contributed by atoms with E-state index in [9.17, 15) is 10.1 Å². The summed E-state index contributed by atoms with van der Waals surface area (Å²) in [4.78, 5) is 16.5. The van der Waals surface area contributed by atoms with Crippen LogP contribution in [-0.4, -0.2) is 25.0 Å². The minimum Gasteiger partial charge on any atom is -0.497 e. The summed E-state index contributed by atoms with van der Waals surface area (Å²) in [6.45, 7) is 0. The summed E-state index contributed by atoms with van der Waals surface area (Å²) >= 11 is 0. The Balaban J connectivity index is 2.41. The predicted molar refractivity (Wildman–Crippen MR) is 76.5 cm³/mol. The van der Waals surface area contributed by atoms with Gasteiger partial charge in [-0.2, -0.15) is 5.26 Å². The quantitative estimate of drug-likeness (QED) is 0.788. The molecule has 0 saturated heterocycles. The lowest BCUT2D eigenvalue weighted by atomic mass is 9.93. The molecule has 1 unspecified atom stereocenters. The lowest BCUT2D eigenvalue weighted by Crippen LogP contribution is -2.12. The van der Waals surface area contributed by atoms with E-state index in [-0.39, 0.29) is 5.78 Å². The van der Waals surface area contributed by atoms with Gasteiger partial charge in [-0.3, -0.25) is 9.78 Å². The van der Waals surface area contributed by atoms with Crippen LogP contribution in [0.3, 0.4) is 0 Å². The van der Waals surface area contributed by atoms with E-state index < -0.39 is 5.92 Å². The molecule has 106 valence electrons. The average Bonchev–Trinajstić information content (AvgIpc) is 2.55. The van der Waals surface area contributed by atoms with Gasteiger partial charge in [0.15, 0.2) is 5.78 Å². The molecule has 0 aliphatic rings. The third-order valence-electron chi connectivity index (χ3n) is 3.04. The van der Waals surface area contributed by atoms with Crippen molar-refractivity contribution >= 4 is 5.78 Å². The molecule has 0 radical (unpaired) electrons. The molecule has 0 saturated carbocycles. The number of rotatable bonds is 5. The first-order valence-electron chi connectivity index (χ1n) is 6.26. The first kappa shape index (κ1) is 14.5. The molecule has 2 rings (SSSR count). The van der Waals surface area contributed by atoms with Crippen LogP contribution in [0.25, 0.3) is 0 Å². The van der Waals surface area contributed by atoms with Gasteiger partial charge < -0.3 is 9.47 Å². The van der Waals surface area contributed by atoms with Crippen molar-refractivity contribution in [1.29, 1.82) is 5.26 Å². The van der Waals surface area contributed by atoms with Crippen LogP contribution in [0, 0.1) is 11.3 Å². The van der Waals surface area contributed by atoms with Gasteiger partial charge in [-0.05, 0) is 23.8 Å². The molecule has 0 amide bonds. The number of carbonyl (C=O) groups excluding carboxylic acids is 1. The summed E-state index contributed by atoms with van der Waals surface area (Å²) in [6, 6.07) is 10.3. The van der Waals surface area contributed by atoms with Gasteiger partial charge in [-0.25, -0.2) is 0 Å². The Bertz CT molecular complexity index is 655. The fourth-order valence-electron chi connectivity index (χ4n) is 1.95. The van der Waals surface area contributed by atoms with Crippen LogP contribution in [0.1, 0.15) is 21.8 Å². The number of Topliss-reactive ketones (excluding diaryl/α,β-unsaturated/α-hetero) is 1. The van der Waals surface area contributed by atoms with E-state index in [4.69, 9.17) is 9.47 Å². The molecule has 1 aromatic heterocycles. The maximum Gasteiger partial charge on any atom is 0.184 e. The largest absolute Gasteiger partial charge is 0.497 e. The monoisotopic (exact) mass is 282 g/mol. The minimum absolute atomic E-state index is 0.317. The Hall–Kier alpha value is -2.87. The molecule has 2 aromatic rings. The molecule has 1 aromatic carbocycles. The number of nitrogens with zero attached hydrogens (tertiary/aromatic N) is 2. The van der Waals surface area contributed by atoms with Crippen LogP contribution in [0.15, 0.2) is 42.7 Å². The SMILES string of the molecule is COc1cc(OC)cc(C(=O)C(C#N)c2cccnc2)c1. The first-order chi connectivity index (χ1) is 10.2. The number of hydrogen-bond donors (Lipinski definition) is 0. The van der Waals surface area contributed by atoms with Crippen molar-refractivity contribution in [2.24, 2.45) is 0 Å². The lowest BCUT2D eigenvalue weighted by molar-refractivity contribution is 0.0978. The Labute approximate surface area is 122 Å². The number of nitriles is 1. The topological polar surface area (TPSA) is 72.2 Å². The molecule has 1 atom stereocenters. The molecule has 21 heavy (non-hydrogen) atoms. The maximum absolute atomic E-state index is 12.6. The van der Waals surface area contributed by atoms with Gasteiger partial charge in [0.25, 0.3) is 0 Å². The standard InChI is InChI=1S/C16H14N2O3/c1-20-13-6-12(7-14(8-13)21-2)16(19)15(9-17)11-4-3-5-18-10-11/h3-8,10,15H,1-2H3. The molecule has 0 spiro atoms. The number of benzene rings is 1. The molecule has 5 heteroatoms. The second-order valence-electron chi connectivity index (χ2n) is 4.31. The highest BCUT2D eigenvalue weighted by Crippen LogP contribution is 2.27. The lowest BCUT2D eigenvalue weighted by Gasteiger charge is -2.11. The van der Waals surface area contributed by atoms with Gasteiger partial charge in [-0.15, -0.1) is 0 Å². The van der Waals surface area contributed by atoms with Crippen LogP contribution in [-0.2, 0) is 0 Å². The van der Waals surface area contributed by atoms with E-state index in [0.717, 1.165) is 0 Å². The van der Waals surface area contributed by atoms with Crippen LogP contribution >= 0.6 is 0 Å². The first-order valence-corrected chi connectivity index (χ1v) is 6.26. The summed E-state index contributed by atoms with van der Waals surface area (Å²) in [5.74, 6) is -0.223. The summed E-state index contributed by atoms with van der Waals surface area (Å²) in [6.07, 6.45) is 3.11. The van der Waals surface area contributed by atoms with Crippen LogP contribution in [0.5, 0.6) is 11.5 Å². The molecule has 5 nitrogen and oxygen atoms in total. The van der Waals surface area contributed by atoms with E-state index in [2.05, 4.69) is 4.98 Å². The Morgan fingerprint density at radius 3 is 2.38 bits per heavy atom. The number of methoxy groups -OCH3 is 2. The van der Waals surface area contributed by atoms with Gasteiger partial charge in [-0.1, -0.05) is 6.07 Å². The average molecular weight is 282 g/mol. The van der Waals surface area contributed by atoms with Crippen LogP contribution in [0.2, 0.25) is 0 Å².